The zero-order valence-electron chi connectivity index (χ0n) is 11.8. The third-order valence-electron chi connectivity index (χ3n) is 2.57. The van der Waals surface area contributed by atoms with Gasteiger partial charge in [0.05, 0.1) is 26.4 Å². The van der Waals surface area contributed by atoms with Crippen LogP contribution in [0.15, 0.2) is 24.3 Å². The molecule has 0 aliphatic rings. The van der Waals surface area contributed by atoms with E-state index in [4.69, 9.17) is 14.2 Å². The van der Waals surface area contributed by atoms with Gasteiger partial charge in [-0.2, -0.15) is 0 Å². The quantitative estimate of drug-likeness (QED) is 0.663. The van der Waals surface area contributed by atoms with E-state index >= 15 is 0 Å². The van der Waals surface area contributed by atoms with Crippen LogP contribution in [0.4, 0.5) is 0 Å². The lowest BCUT2D eigenvalue weighted by atomic mass is 10.1. The zero-order valence-corrected chi connectivity index (χ0v) is 11.8. The van der Waals surface area contributed by atoms with Crippen molar-refractivity contribution in [2.45, 2.75) is 26.4 Å². The molecule has 0 fully saturated rings. The van der Waals surface area contributed by atoms with Crippen molar-refractivity contribution in [2.24, 2.45) is 0 Å². The molecule has 4 nitrogen and oxygen atoms in total. The van der Waals surface area contributed by atoms with E-state index in [1.165, 1.54) is 0 Å². The van der Waals surface area contributed by atoms with E-state index in [0.29, 0.717) is 25.6 Å². The lowest BCUT2D eigenvalue weighted by Gasteiger charge is -2.15. The number of rotatable bonds is 10. The first-order chi connectivity index (χ1) is 9.29. The molecule has 4 heteroatoms. The van der Waals surface area contributed by atoms with E-state index in [9.17, 15) is 5.11 Å². The number of ether oxygens (including phenoxy) is 3. The third-order valence-corrected chi connectivity index (χ3v) is 2.57. The average molecular weight is 268 g/mol. The highest BCUT2D eigenvalue weighted by Gasteiger charge is 2.12. The zero-order chi connectivity index (χ0) is 13.9. The Morgan fingerprint density at radius 1 is 1.05 bits per heavy atom. The van der Waals surface area contributed by atoms with Crippen LogP contribution >= 0.6 is 0 Å². The first kappa shape index (κ1) is 16.0. The van der Waals surface area contributed by atoms with E-state index in [0.717, 1.165) is 18.6 Å². The van der Waals surface area contributed by atoms with Crippen LogP contribution in [0.3, 0.4) is 0 Å². The fourth-order valence-corrected chi connectivity index (χ4v) is 1.69. The van der Waals surface area contributed by atoms with Gasteiger partial charge in [0.15, 0.2) is 0 Å². The summed E-state index contributed by atoms with van der Waals surface area (Å²) in [6.07, 6.45) is 0.332. The lowest BCUT2D eigenvalue weighted by molar-refractivity contribution is 0.00250. The van der Waals surface area contributed by atoms with Gasteiger partial charge in [0.1, 0.15) is 11.9 Å². The summed E-state index contributed by atoms with van der Waals surface area (Å²) in [4.78, 5) is 0. The molecule has 0 spiro atoms. The number of aliphatic hydroxyl groups excluding tert-OH is 1. The Morgan fingerprint density at radius 3 is 2.53 bits per heavy atom. The third kappa shape index (κ3) is 6.05. The smallest absolute Gasteiger partial charge is 0.125 e. The molecule has 0 bridgehead atoms. The van der Waals surface area contributed by atoms with Gasteiger partial charge in [-0.3, -0.25) is 0 Å². The Labute approximate surface area is 115 Å². The van der Waals surface area contributed by atoms with Crippen LogP contribution in [-0.2, 0) is 9.47 Å². The van der Waals surface area contributed by atoms with Gasteiger partial charge in [-0.25, -0.2) is 0 Å². The van der Waals surface area contributed by atoms with Crippen molar-refractivity contribution in [3.63, 3.8) is 0 Å². The minimum Gasteiger partial charge on any atom is -0.493 e. The number of benzene rings is 1. The molecule has 1 aromatic carbocycles. The van der Waals surface area contributed by atoms with E-state index in [1.54, 1.807) is 0 Å². The van der Waals surface area contributed by atoms with Crippen molar-refractivity contribution >= 4 is 0 Å². The molecule has 0 heterocycles. The molecule has 1 aromatic rings. The molecule has 0 saturated carbocycles. The van der Waals surface area contributed by atoms with Crippen LogP contribution in [0.1, 0.15) is 31.9 Å². The van der Waals surface area contributed by atoms with Crippen molar-refractivity contribution < 1.29 is 19.3 Å². The van der Waals surface area contributed by atoms with Gasteiger partial charge in [0.25, 0.3) is 0 Å². The molecule has 19 heavy (non-hydrogen) atoms. The van der Waals surface area contributed by atoms with Crippen LogP contribution in [0.5, 0.6) is 5.75 Å². The van der Waals surface area contributed by atoms with Crippen LogP contribution < -0.4 is 4.74 Å². The minimum absolute atomic E-state index is 0.250. The molecule has 1 rings (SSSR count). The Kier molecular flexibility index (Phi) is 8.21. The van der Waals surface area contributed by atoms with E-state index in [-0.39, 0.29) is 6.61 Å². The summed E-state index contributed by atoms with van der Waals surface area (Å²) in [5, 5.41) is 10.1. The Hall–Kier alpha value is -1.10. The van der Waals surface area contributed by atoms with Gasteiger partial charge in [-0.05, 0) is 19.4 Å². The monoisotopic (exact) mass is 268 g/mol. The first-order valence-electron chi connectivity index (χ1n) is 6.84. The number of aliphatic hydroxyl groups is 1. The number of hydrogen-bond donors (Lipinski definition) is 1. The largest absolute Gasteiger partial charge is 0.493 e. The normalized spacial score (nSPS) is 12.4. The van der Waals surface area contributed by atoms with Crippen LogP contribution in [0.2, 0.25) is 0 Å². The van der Waals surface area contributed by atoms with E-state index in [2.05, 4.69) is 6.92 Å². The van der Waals surface area contributed by atoms with Crippen LogP contribution in [-0.4, -0.2) is 38.1 Å². The predicted octanol–water partition coefficient (Wildman–Crippen LogP) is 2.56. The minimum atomic E-state index is -0.672. The molecule has 1 atom stereocenters. The van der Waals surface area contributed by atoms with Crippen LogP contribution in [0, 0.1) is 0 Å². The lowest BCUT2D eigenvalue weighted by Crippen LogP contribution is -2.12. The highest BCUT2D eigenvalue weighted by Crippen LogP contribution is 2.25. The van der Waals surface area contributed by atoms with Gasteiger partial charge in [0.2, 0.25) is 0 Å². The maximum absolute atomic E-state index is 10.1. The fourth-order valence-electron chi connectivity index (χ4n) is 1.69. The maximum Gasteiger partial charge on any atom is 0.125 e. The summed E-state index contributed by atoms with van der Waals surface area (Å²) in [6, 6.07) is 7.48. The number of para-hydroxylation sites is 1. The molecule has 0 amide bonds. The van der Waals surface area contributed by atoms with E-state index in [1.807, 2.05) is 31.2 Å². The van der Waals surface area contributed by atoms with Gasteiger partial charge < -0.3 is 19.3 Å². The summed E-state index contributed by atoms with van der Waals surface area (Å²) >= 11 is 0. The standard InChI is InChI=1S/C15H24O4/c1-3-9-17-10-11-18-12-14(16)13-7-5-6-8-15(13)19-4-2/h5-8,14,16H,3-4,9-12H2,1-2H3. The molecule has 0 saturated heterocycles. The molecule has 1 N–H and O–H groups in total. The SMILES string of the molecule is CCCOCCOCC(O)c1ccccc1OCC. The van der Waals surface area contributed by atoms with Crippen molar-refractivity contribution in [1.29, 1.82) is 0 Å². The first-order valence-corrected chi connectivity index (χ1v) is 6.84. The van der Waals surface area contributed by atoms with Gasteiger partial charge in [0, 0.05) is 12.2 Å². The molecule has 0 aliphatic heterocycles. The molecule has 1 unspecified atom stereocenters. The maximum atomic E-state index is 10.1. The van der Waals surface area contributed by atoms with E-state index < -0.39 is 6.10 Å². The second-order valence-electron chi connectivity index (χ2n) is 4.17. The number of hydrogen-bond acceptors (Lipinski definition) is 4. The molecule has 0 aliphatic carbocycles. The summed E-state index contributed by atoms with van der Waals surface area (Å²) in [5.41, 5.74) is 0.763. The van der Waals surface area contributed by atoms with Crippen molar-refractivity contribution in [3.8, 4) is 5.75 Å². The molecule has 0 radical (unpaired) electrons. The molecule has 108 valence electrons. The fraction of sp³-hybridized carbons (Fsp3) is 0.600. The topological polar surface area (TPSA) is 47.9 Å². The van der Waals surface area contributed by atoms with Crippen molar-refractivity contribution in [3.05, 3.63) is 29.8 Å². The molecule has 0 aromatic heterocycles. The van der Waals surface area contributed by atoms with Crippen LogP contribution in [0.25, 0.3) is 0 Å². The summed E-state index contributed by atoms with van der Waals surface area (Å²) in [7, 11) is 0. The van der Waals surface area contributed by atoms with Gasteiger partial charge >= 0.3 is 0 Å². The van der Waals surface area contributed by atoms with Crippen molar-refractivity contribution in [1.82, 2.24) is 0 Å². The second kappa shape index (κ2) is 9.78. The average Bonchev–Trinajstić information content (AvgIpc) is 2.43. The highest BCUT2D eigenvalue weighted by molar-refractivity contribution is 5.35. The van der Waals surface area contributed by atoms with Gasteiger partial charge in [-0.15, -0.1) is 0 Å². The molecular weight excluding hydrogens is 244 g/mol. The Bertz CT molecular complexity index is 341. The van der Waals surface area contributed by atoms with Gasteiger partial charge in [-0.1, -0.05) is 25.1 Å². The summed E-state index contributed by atoms with van der Waals surface area (Å²) in [5.74, 6) is 0.711. The van der Waals surface area contributed by atoms with Crippen molar-refractivity contribution in [2.75, 3.05) is 33.0 Å². The highest BCUT2D eigenvalue weighted by atomic mass is 16.5. The summed E-state index contributed by atoms with van der Waals surface area (Å²) in [6.45, 7) is 6.62. The second-order valence-corrected chi connectivity index (χ2v) is 4.17. The predicted molar refractivity (Wildman–Crippen MR) is 74.5 cm³/mol. The summed E-state index contributed by atoms with van der Waals surface area (Å²) < 4.78 is 16.2. The Morgan fingerprint density at radius 2 is 1.79 bits per heavy atom. The molecular formula is C15H24O4. The Balaban J connectivity index is 2.34.